The number of ketones is 1. The van der Waals surface area contributed by atoms with Crippen LogP contribution in [0.3, 0.4) is 0 Å². The van der Waals surface area contributed by atoms with Gasteiger partial charge in [-0.15, -0.1) is 0 Å². The number of hydrogen-bond acceptors (Lipinski definition) is 4. The zero-order chi connectivity index (χ0) is 13.5. The Bertz CT molecular complexity index is 414. The van der Waals surface area contributed by atoms with Crippen LogP contribution in [0.2, 0.25) is 0 Å². The van der Waals surface area contributed by atoms with Gasteiger partial charge in [0.1, 0.15) is 12.4 Å². The third-order valence-electron chi connectivity index (χ3n) is 3.30. The van der Waals surface area contributed by atoms with Gasteiger partial charge < -0.3 is 14.8 Å². The van der Waals surface area contributed by atoms with E-state index in [1.807, 2.05) is 24.3 Å². The van der Waals surface area contributed by atoms with Crippen LogP contribution in [0.15, 0.2) is 24.3 Å². The molecule has 1 aromatic carbocycles. The molecular formula is C15H21NO3. The van der Waals surface area contributed by atoms with Crippen LogP contribution in [0, 0.1) is 0 Å². The first-order chi connectivity index (χ1) is 9.28. The second kappa shape index (κ2) is 7.26. The van der Waals surface area contributed by atoms with E-state index in [2.05, 4.69) is 5.32 Å². The third-order valence-corrected chi connectivity index (χ3v) is 3.30. The lowest BCUT2D eigenvalue weighted by Gasteiger charge is -2.22. The molecule has 1 aliphatic rings. The Morgan fingerprint density at radius 2 is 2.16 bits per heavy atom. The molecule has 1 aliphatic heterocycles. The van der Waals surface area contributed by atoms with Crippen molar-refractivity contribution in [1.82, 2.24) is 5.32 Å². The number of carbonyl (C=O) groups is 1. The van der Waals surface area contributed by atoms with Crippen molar-refractivity contribution in [3.63, 3.8) is 0 Å². The van der Waals surface area contributed by atoms with Crippen LogP contribution in [-0.4, -0.2) is 38.7 Å². The minimum absolute atomic E-state index is 0.117. The molecule has 2 rings (SSSR count). The Morgan fingerprint density at radius 1 is 1.37 bits per heavy atom. The number of nitrogens with one attached hydrogen (secondary N) is 1. The molecule has 0 amide bonds. The Labute approximate surface area is 114 Å². The number of piperidine rings is 1. The van der Waals surface area contributed by atoms with Crippen molar-refractivity contribution < 1.29 is 14.3 Å². The number of hydrogen-bond donors (Lipinski definition) is 1. The van der Waals surface area contributed by atoms with E-state index in [0.717, 1.165) is 37.2 Å². The van der Waals surface area contributed by atoms with E-state index < -0.39 is 0 Å². The van der Waals surface area contributed by atoms with Gasteiger partial charge in [-0.05, 0) is 43.6 Å². The number of Topliss-reactive ketones (excluding diaryl/α,β-unsaturated/α-hetero) is 1. The van der Waals surface area contributed by atoms with Gasteiger partial charge in [-0.1, -0.05) is 12.1 Å². The summed E-state index contributed by atoms with van der Waals surface area (Å²) in [6.07, 6.45) is 2.62. The zero-order valence-corrected chi connectivity index (χ0v) is 11.4. The second-order valence-corrected chi connectivity index (χ2v) is 4.83. The number of ether oxygens (including phenoxy) is 2. The Hall–Kier alpha value is -1.39. The van der Waals surface area contributed by atoms with Crippen molar-refractivity contribution in [1.29, 1.82) is 0 Å². The molecule has 0 spiro atoms. The van der Waals surface area contributed by atoms with Gasteiger partial charge in [0.15, 0.2) is 5.78 Å². The molecule has 4 heteroatoms. The molecule has 0 aliphatic carbocycles. The number of benzene rings is 1. The summed E-state index contributed by atoms with van der Waals surface area (Å²) in [6, 6.07) is 7.60. The van der Waals surface area contributed by atoms with E-state index in [1.165, 1.54) is 0 Å². The third kappa shape index (κ3) is 4.65. The first-order valence-corrected chi connectivity index (χ1v) is 6.75. The highest BCUT2D eigenvalue weighted by molar-refractivity contribution is 5.82. The van der Waals surface area contributed by atoms with Crippen molar-refractivity contribution in [3.8, 4) is 5.75 Å². The molecule has 0 radical (unpaired) electrons. The predicted molar refractivity (Wildman–Crippen MR) is 73.5 cm³/mol. The fourth-order valence-electron chi connectivity index (χ4n) is 2.23. The molecule has 1 fully saturated rings. The lowest BCUT2D eigenvalue weighted by atomic mass is 10.1. The monoisotopic (exact) mass is 263 g/mol. The van der Waals surface area contributed by atoms with Crippen molar-refractivity contribution in [2.24, 2.45) is 0 Å². The minimum Gasteiger partial charge on any atom is -0.497 e. The van der Waals surface area contributed by atoms with Gasteiger partial charge >= 0.3 is 0 Å². The van der Waals surface area contributed by atoms with E-state index >= 15 is 0 Å². The lowest BCUT2D eigenvalue weighted by molar-refractivity contribution is -0.125. The van der Waals surface area contributed by atoms with E-state index in [-0.39, 0.29) is 18.5 Å². The molecule has 0 bridgehead atoms. The van der Waals surface area contributed by atoms with Crippen molar-refractivity contribution >= 4 is 5.78 Å². The molecule has 4 nitrogen and oxygen atoms in total. The van der Waals surface area contributed by atoms with Crippen LogP contribution in [0.1, 0.15) is 18.4 Å². The second-order valence-electron chi connectivity index (χ2n) is 4.83. The van der Waals surface area contributed by atoms with E-state index in [9.17, 15) is 4.79 Å². The summed E-state index contributed by atoms with van der Waals surface area (Å²) in [7, 11) is 1.63. The molecule has 1 saturated heterocycles. The predicted octanol–water partition coefficient (Wildman–Crippen LogP) is 1.58. The first kappa shape index (κ1) is 14.0. The highest BCUT2D eigenvalue weighted by atomic mass is 16.5. The Kier molecular flexibility index (Phi) is 5.36. The minimum atomic E-state index is 0.117. The van der Waals surface area contributed by atoms with E-state index in [4.69, 9.17) is 9.47 Å². The zero-order valence-electron chi connectivity index (χ0n) is 11.4. The normalized spacial score (nSPS) is 16.3. The van der Waals surface area contributed by atoms with E-state index in [1.54, 1.807) is 7.11 Å². The molecule has 1 N–H and O–H groups in total. The fourth-order valence-corrected chi connectivity index (χ4v) is 2.23. The van der Waals surface area contributed by atoms with Gasteiger partial charge in [-0.25, -0.2) is 0 Å². The highest BCUT2D eigenvalue weighted by Gasteiger charge is 2.15. The van der Waals surface area contributed by atoms with Crippen LogP contribution in [0.5, 0.6) is 5.75 Å². The Balaban J connectivity index is 1.76. The quantitative estimate of drug-likeness (QED) is 0.846. The smallest absolute Gasteiger partial charge is 0.162 e. The molecule has 1 aromatic rings. The van der Waals surface area contributed by atoms with Crippen molar-refractivity contribution in [3.05, 3.63) is 29.8 Å². The van der Waals surface area contributed by atoms with Crippen LogP contribution >= 0.6 is 0 Å². The molecule has 0 unspecified atom stereocenters. The van der Waals surface area contributed by atoms with Crippen LogP contribution < -0.4 is 10.1 Å². The standard InChI is InChI=1S/C15H21NO3/c1-18-15-4-2-3-12(10-15)9-13(17)11-19-14-5-7-16-8-6-14/h2-4,10,14,16H,5-9,11H2,1H3. The summed E-state index contributed by atoms with van der Waals surface area (Å²) in [4.78, 5) is 11.9. The summed E-state index contributed by atoms with van der Waals surface area (Å²) < 4.78 is 10.8. The first-order valence-electron chi connectivity index (χ1n) is 6.75. The summed E-state index contributed by atoms with van der Waals surface area (Å²) in [5.41, 5.74) is 0.971. The average molecular weight is 263 g/mol. The summed E-state index contributed by atoms with van der Waals surface area (Å²) >= 11 is 0. The molecular weight excluding hydrogens is 242 g/mol. The van der Waals surface area contributed by atoms with Gasteiger partial charge in [-0.3, -0.25) is 4.79 Å². The summed E-state index contributed by atoms with van der Waals surface area (Å²) in [5, 5.41) is 3.28. The molecule has 19 heavy (non-hydrogen) atoms. The molecule has 104 valence electrons. The summed E-state index contributed by atoms with van der Waals surface area (Å²) in [5.74, 6) is 0.899. The topological polar surface area (TPSA) is 47.6 Å². The maximum absolute atomic E-state index is 11.9. The molecule has 0 aromatic heterocycles. The van der Waals surface area contributed by atoms with Crippen molar-refractivity contribution in [2.45, 2.75) is 25.4 Å². The van der Waals surface area contributed by atoms with Gasteiger partial charge in [0.05, 0.1) is 13.2 Å². The van der Waals surface area contributed by atoms with Crippen LogP contribution in [0.25, 0.3) is 0 Å². The number of rotatable bonds is 6. The van der Waals surface area contributed by atoms with Crippen LogP contribution in [-0.2, 0) is 16.0 Å². The lowest BCUT2D eigenvalue weighted by Crippen LogP contribution is -2.33. The summed E-state index contributed by atoms with van der Waals surface area (Å²) in [6.45, 7) is 2.17. The highest BCUT2D eigenvalue weighted by Crippen LogP contribution is 2.13. The van der Waals surface area contributed by atoms with Gasteiger partial charge in [0.2, 0.25) is 0 Å². The SMILES string of the molecule is COc1cccc(CC(=O)COC2CCNCC2)c1. The number of carbonyl (C=O) groups excluding carboxylic acids is 1. The van der Waals surface area contributed by atoms with Crippen molar-refractivity contribution in [2.75, 3.05) is 26.8 Å². The van der Waals surface area contributed by atoms with Crippen LogP contribution in [0.4, 0.5) is 0 Å². The fraction of sp³-hybridized carbons (Fsp3) is 0.533. The molecule has 1 heterocycles. The van der Waals surface area contributed by atoms with Gasteiger partial charge in [-0.2, -0.15) is 0 Å². The largest absolute Gasteiger partial charge is 0.497 e. The number of methoxy groups -OCH3 is 1. The van der Waals surface area contributed by atoms with E-state index in [0.29, 0.717) is 6.42 Å². The van der Waals surface area contributed by atoms with Gasteiger partial charge in [0.25, 0.3) is 0 Å². The maximum atomic E-state index is 11.9. The molecule has 0 saturated carbocycles. The molecule has 0 atom stereocenters. The Morgan fingerprint density at radius 3 is 2.89 bits per heavy atom. The average Bonchev–Trinajstić information content (AvgIpc) is 2.46. The van der Waals surface area contributed by atoms with Gasteiger partial charge in [0, 0.05) is 6.42 Å². The maximum Gasteiger partial charge on any atom is 0.162 e.